The van der Waals surface area contributed by atoms with Crippen molar-refractivity contribution >= 4 is 19.3 Å². The summed E-state index contributed by atoms with van der Waals surface area (Å²) in [6.07, 6.45) is 1.29. The minimum absolute atomic E-state index is 1.11. The van der Waals surface area contributed by atoms with E-state index in [2.05, 4.69) is 20.8 Å². The van der Waals surface area contributed by atoms with E-state index in [4.69, 9.17) is 12.1 Å². The molecule has 0 bridgehead atoms. The Kier molecular flexibility index (Phi) is 4.67. The van der Waals surface area contributed by atoms with Gasteiger partial charge in [0.15, 0.2) is 0 Å². The van der Waals surface area contributed by atoms with Gasteiger partial charge in [-0.3, -0.25) is 0 Å². The lowest BCUT2D eigenvalue weighted by Gasteiger charge is -2.19. The molecular weight excluding hydrogens is 144 g/mol. The van der Waals surface area contributed by atoms with Crippen LogP contribution in [0.15, 0.2) is 0 Å². The molecule has 0 heterocycles. The first-order valence-electron chi connectivity index (χ1n) is 3.89. The minimum atomic E-state index is -1.11. The lowest BCUT2D eigenvalue weighted by Crippen LogP contribution is -2.23. The molecule has 0 aliphatic carbocycles. The first-order valence-corrected chi connectivity index (χ1v) is 7.64. The zero-order chi connectivity index (χ0) is 7.33. The topological polar surface area (TPSA) is 0 Å². The summed E-state index contributed by atoms with van der Waals surface area (Å²) in [5.41, 5.74) is 0. The van der Waals surface area contributed by atoms with Gasteiger partial charge in [0.2, 0.25) is 0 Å². The zero-order valence-electron chi connectivity index (χ0n) is 6.74. The third-order valence-corrected chi connectivity index (χ3v) is 8.33. The molecule has 0 spiro atoms. The molecule has 0 N–H and O–H groups in total. The second-order valence-electron chi connectivity index (χ2n) is 2.64. The van der Waals surface area contributed by atoms with E-state index in [0.29, 0.717) is 0 Å². The van der Waals surface area contributed by atoms with E-state index in [-0.39, 0.29) is 0 Å². The Morgan fingerprint density at radius 2 is 1.56 bits per heavy atom. The quantitative estimate of drug-likeness (QED) is 0.553. The Balaban J connectivity index is 3.62. The van der Waals surface area contributed by atoms with Crippen molar-refractivity contribution in [3.8, 4) is 0 Å². The summed E-state index contributed by atoms with van der Waals surface area (Å²) in [7, 11) is -1.11. The summed E-state index contributed by atoms with van der Waals surface area (Å²) in [5.74, 6) is 0. The lowest BCUT2D eigenvalue weighted by atomic mass is 10.6. The molecule has 0 aliphatic heterocycles. The molecule has 0 amide bonds. The van der Waals surface area contributed by atoms with E-state index >= 15 is 0 Å². The molecule has 0 nitrogen and oxygen atoms in total. The zero-order valence-corrected chi connectivity index (χ0v) is 8.55. The molecule has 55 valence electrons. The third-order valence-electron chi connectivity index (χ3n) is 1.99. The molecule has 0 unspecified atom stereocenters. The van der Waals surface area contributed by atoms with Crippen LogP contribution in [0.25, 0.3) is 0 Å². The van der Waals surface area contributed by atoms with Gasteiger partial charge in [-0.15, -0.1) is 12.1 Å². The highest BCUT2D eigenvalue weighted by atomic mass is 32.3. The molecule has 9 heavy (non-hydrogen) atoms. The third kappa shape index (κ3) is 3.31. The highest BCUT2D eigenvalue weighted by Crippen LogP contribution is 2.25. The monoisotopic (exact) mass is 161 g/mol. The van der Waals surface area contributed by atoms with Crippen molar-refractivity contribution in [2.45, 2.75) is 45.3 Å². The van der Waals surface area contributed by atoms with E-state index in [0.717, 1.165) is 0 Å². The summed E-state index contributed by atoms with van der Waals surface area (Å²) < 4.78 is 0. The van der Waals surface area contributed by atoms with E-state index in [1.165, 1.54) is 24.6 Å². The fourth-order valence-corrected chi connectivity index (χ4v) is 3.79. The largest absolute Gasteiger partial charge is 0.130 e. The predicted molar refractivity (Wildman–Crippen MR) is 49.4 cm³/mol. The summed E-state index contributed by atoms with van der Waals surface area (Å²) in [5, 5.41) is 0. The maximum Gasteiger partial charge on any atom is 0.130 e. The van der Waals surface area contributed by atoms with Crippen molar-refractivity contribution in [2.24, 2.45) is 0 Å². The average Bonchev–Trinajstić information content (AvgIpc) is 1.89. The fourth-order valence-electron chi connectivity index (χ4n) is 1.06. The van der Waals surface area contributed by atoms with Gasteiger partial charge in [-0.05, 0) is 6.04 Å². The molecule has 0 aromatic rings. The van der Waals surface area contributed by atoms with Crippen LogP contribution >= 0.6 is 12.1 Å². The van der Waals surface area contributed by atoms with Gasteiger partial charge >= 0.3 is 0 Å². The van der Waals surface area contributed by atoms with Crippen LogP contribution < -0.4 is 0 Å². The normalized spacial score (nSPS) is 12.0. The van der Waals surface area contributed by atoms with Crippen LogP contribution in [0, 0.1) is 0 Å². The molecule has 0 fully saturated rings. The summed E-state index contributed by atoms with van der Waals surface area (Å²) in [6.45, 7) is 6.73. The van der Waals surface area contributed by atoms with Crippen LogP contribution in [0.3, 0.4) is 0 Å². The van der Waals surface area contributed by atoms with Crippen LogP contribution in [-0.4, -0.2) is 7.22 Å². The van der Waals surface area contributed by atoms with E-state index < -0.39 is 7.22 Å². The van der Waals surface area contributed by atoms with Gasteiger partial charge in [0, 0.05) is 0 Å². The van der Waals surface area contributed by atoms with Crippen molar-refractivity contribution < 1.29 is 0 Å². The molecule has 0 saturated heterocycles. The second kappa shape index (κ2) is 4.39. The number of hydrogen-bond donors (Lipinski definition) is 0. The van der Waals surface area contributed by atoms with Gasteiger partial charge in [-0.2, -0.15) is 0 Å². The Bertz CT molecular complexity index is 69.3. The molecular formula is C7H17SSi. The van der Waals surface area contributed by atoms with Gasteiger partial charge in [0.1, 0.15) is 7.22 Å². The Morgan fingerprint density at radius 3 is 1.67 bits per heavy atom. The maximum absolute atomic E-state index is 5.54. The van der Waals surface area contributed by atoms with E-state index in [1.807, 2.05) is 0 Å². The second-order valence-corrected chi connectivity index (χ2v) is 9.52. The van der Waals surface area contributed by atoms with Crippen molar-refractivity contribution in [3.05, 3.63) is 0 Å². The molecule has 0 atom stereocenters. The maximum atomic E-state index is 5.54. The Labute approximate surface area is 65.1 Å². The minimum Gasteiger partial charge on any atom is -0.127 e. The predicted octanol–water partition coefficient (Wildman–Crippen LogP) is 3.58. The molecule has 0 saturated carbocycles. The van der Waals surface area contributed by atoms with Gasteiger partial charge in [-0.1, -0.05) is 39.3 Å². The molecule has 0 aromatic heterocycles. The highest BCUT2D eigenvalue weighted by molar-refractivity contribution is 8.14. The van der Waals surface area contributed by atoms with E-state index in [1.54, 1.807) is 0 Å². The van der Waals surface area contributed by atoms with Gasteiger partial charge < -0.3 is 0 Å². The smallest absolute Gasteiger partial charge is 0.127 e. The first-order chi connectivity index (χ1) is 4.18. The summed E-state index contributed by atoms with van der Waals surface area (Å²) in [6, 6.07) is 3.91. The number of hydrogen-bond acceptors (Lipinski definition) is 0. The van der Waals surface area contributed by atoms with Crippen molar-refractivity contribution in [1.82, 2.24) is 0 Å². The van der Waals surface area contributed by atoms with Gasteiger partial charge in [0.25, 0.3) is 0 Å². The SMILES string of the molecule is CCC[Si]([S])(CC)CC. The highest BCUT2D eigenvalue weighted by Gasteiger charge is 2.23. The van der Waals surface area contributed by atoms with Crippen molar-refractivity contribution in [1.29, 1.82) is 0 Å². The van der Waals surface area contributed by atoms with Crippen LogP contribution in [0.4, 0.5) is 0 Å². The molecule has 0 aliphatic rings. The molecule has 0 rings (SSSR count). The Hall–Kier alpha value is 0.567. The molecule has 0 aromatic carbocycles. The average molecular weight is 161 g/mol. The van der Waals surface area contributed by atoms with Crippen molar-refractivity contribution in [2.75, 3.05) is 0 Å². The Morgan fingerprint density at radius 1 is 1.11 bits per heavy atom. The van der Waals surface area contributed by atoms with Crippen LogP contribution in [0.5, 0.6) is 0 Å². The van der Waals surface area contributed by atoms with E-state index in [9.17, 15) is 0 Å². The van der Waals surface area contributed by atoms with Crippen LogP contribution in [-0.2, 0) is 0 Å². The standard InChI is InChI=1S/C7H17SSi/c1-4-7-9(8,5-2)6-3/h4-7H2,1-3H3. The van der Waals surface area contributed by atoms with Crippen molar-refractivity contribution in [3.63, 3.8) is 0 Å². The summed E-state index contributed by atoms with van der Waals surface area (Å²) >= 11 is 5.54. The molecule has 1 radical (unpaired) electrons. The van der Waals surface area contributed by atoms with Gasteiger partial charge in [0.05, 0.1) is 0 Å². The number of rotatable bonds is 4. The van der Waals surface area contributed by atoms with Crippen LogP contribution in [0.2, 0.25) is 18.1 Å². The van der Waals surface area contributed by atoms with Gasteiger partial charge in [-0.25, -0.2) is 0 Å². The lowest BCUT2D eigenvalue weighted by molar-refractivity contribution is 1.03. The molecule has 2 heteroatoms. The summed E-state index contributed by atoms with van der Waals surface area (Å²) in [4.78, 5) is 0. The van der Waals surface area contributed by atoms with Crippen LogP contribution in [0.1, 0.15) is 27.2 Å². The fraction of sp³-hybridized carbons (Fsp3) is 1.00. The first kappa shape index (κ1) is 9.57.